The Hall–Kier alpha value is 0.350. The van der Waals surface area contributed by atoms with E-state index >= 15 is 0 Å². The van der Waals surface area contributed by atoms with Crippen LogP contribution in [0.3, 0.4) is 0 Å². The number of hydrogen-bond donors (Lipinski definition) is 1. The van der Waals surface area contributed by atoms with Crippen LogP contribution < -0.4 is 0 Å². The summed E-state index contributed by atoms with van der Waals surface area (Å²) in [5, 5.41) is 0. The second-order valence-electron chi connectivity index (χ2n) is 0.491. The summed E-state index contributed by atoms with van der Waals surface area (Å²) in [7, 11) is -4.25. The second kappa shape index (κ2) is 1.87. The molecule has 0 aliphatic rings. The van der Waals surface area contributed by atoms with Crippen LogP contribution in [0.2, 0.25) is 0 Å². The Morgan fingerprint density at radius 1 is 1.67 bits per heavy atom. The first kappa shape index (κ1) is 6.35. The van der Waals surface area contributed by atoms with Gasteiger partial charge < -0.3 is 0 Å². The lowest BCUT2D eigenvalue weighted by atomic mass is 15.8. The Morgan fingerprint density at radius 2 is 1.83 bits per heavy atom. The molecular formula is HBrO4S. The number of hydrogen-bond acceptors (Lipinski definition) is 3. The first-order valence-electron chi connectivity index (χ1n) is 0.837. The van der Waals surface area contributed by atoms with Crippen molar-refractivity contribution in [1.29, 1.82) is 0 Å². The fourth-order valence-corrected chi connectivity index (χ4v) is 0. The van der Waals surface area contributed by atoms with E-state index in [2.05, 4.69) is 3.27 Å². The van der Waals surface area contributed by atoms with Crippen LogP contribution >= 0.6 is 16.3 Å². The predicted molar refractivity (Wildman–Crippen MR) is 21.6 cm³/mol. The standard InChI is InChI=1S/BrHO4S/c1-5-6(2,3)4/h(H,2,3,4). The van der Waals surface area contributed by atoms with E-state index in [1.54, 1.807) is 0 Å². The Balaban J connectivity index is 3.85. The molecule has 0 rings (SSSR count). The van der Waals surface area contributed by atoms with Crippen molar-refractivity contribution < 1.29 is 16.2 Å². The molecule has 0 bridgehead atoms. The summed E-state index contributed by atoms with van der Waals surface area (Å²) >= 11 is 2.03. The Bertz CT molecular complexity index is 110. The van der Waals surface area contributed by atoms with Gasteiger partial charge in [-0.05, 0) is 0 Å². The molecule has 6 heavy (non-hydrogen) atoms. The highest BCUT2D eigenvalue weighted by Gasteiger charge is 1.96. The topological polar surface area (TPSA) is 63.6 Å². The van der Waals surface area contributed by atoms with E-state index in [4.69, 9.17) is 4.55 Å². The van der Waals surface area contributed by atoms with Crippen LogP contribution in [-0.4, -0.2) is 13.0 Å². The van der Waals surface area contributed by atoms with Gasteiger partial charge in [0.2, 0.25) is 0 Å². The molecule has 0 heterocycles. The van der Waals surface area contributed by atoms with Gasteiger partial charge in [-0.1, -0.05) is 0 Å². The van der Waals surface area contributed by atoms with Crippen LogP contribution in [0.25, 0.3) is 0 Å². The van der Waals surface area contributed by atoms with Crippen LogP contribution in [0.5, 0.6) is 0 Å². The third-order valence-corrected chi connectivity index (χ3v) is 1.24. The average Bonchev–Trinajstić information content (AvgIpc) is 1.35. The number of halogens is 1. The van der Waals surface area contributed by atoms with Crippen molar-refractivity contribution in [2.24, 2.45) is 0 Å². The lowest BCUT2D eigenvalue weighted by Gasteiger charge is -1.78. The Morgan fingerprint density at radius 3 is 1.83 bits per heavy atom. The monoisotopic (exact) mass is 176 g/mol. The van der Waals surface area contributed by atoms with Gasteiger partial charge in [0.1, 0.15) is 16.3 Å². The van der Waals surface area contributed by atoms with E-state index in [0.717, 1.165) is 0 Å². The molecule has 0 radical (unpaired) electrons. The van der Waals surface area contributed by atoms with Gasteiger partial charge >= 0.3 is 10.4 Å². The zero-order chi connectivity index (χ0) is 5.21. The van der Waals surface area contributed by atoms with Crippen molar-refractivity contribution >= 4 is 26.7 Å². The minimum Gasteiger partial charge on any atom is -0.263 e. The summed E-state index contributed by atoms with van der Waals surface area (Å²) in [6.45, 7) is 0. The van der Waals surface area contributed by atoms with Gasteiger partial charge in [-0.2, -0.15) is 11.7 Å². The van der Waals surface area contributed by atoms with Crippen molar-refractivity contribution in [1.82, 2.24) is 0 Å². The average molecular weight is 177 g/mol. The van der Waals surface area contributed by atoms with Crippen molar-refractivity contribution in [3.8, 4) is 0 Å². The molecule has 6 heteroatoms. The van der Waals surface area contributed by atoms with Gasteiger partial charge in [0.05, 0.1) is 0 Å². The van der Waals surface area contributed by atoms with E-state index < -0.39 is 10.4 Å². The van der Waals surface area contributed by atoms with E-state index in [1.165, 1.54) is 0 Å². The van der Waals surface area contributed by atoms with Gasteiger partial charge in [-0.3, -0.25) is 4.55 Å². The van der Waals surface area contributed by atoms with Crippen molar-refractivity contribution in [2.45, 2.75) is 0 Å². The highest BCUT2D eigenvalue weighted by Crippen LogP contribution is 1.90. The lowest BCUT2D eigenvalue weighted by Crippen LogP contribution is -1.92. The summed E-state index contributed by atoms with van der Waals surface area (Å²) in [5.74, 6) is 0. The maximum absolute atomic E-state index is 9.29. The van der Waals surface area contributed by atoms with Crippen molar-refractivity contribution in [3.63, 3.8) is 0 Å². The van der Waals surface area contributed by atoms with Crippen LogP contribution in [0.1, 0.15) is 0 Å². The first-order valence-corrected chi connectivity index (χ1v) is 2.85. The van der Waals surface area contributed by atoms with Crippen molar-refractivity contribution in [3.05, 3.63) is 0 Å². The fraction of sp³-hybridized carbons (Fsp3) is 0. The molecule has 0 saturated carbocycles. The molecule has 0 saturated heterocycles. The van der Waals surface area contributed by atoms with E-state index in [-0.39, 0.29) is 0 Å². The SMILES string of the molecule is O=S(=O)(O)OBr. The summed E-state index contributed by atoms with van der Waals surface area (Å²) in [4.78, 5) is 0. The van der Waals surface area contributed by atoms with Crippen LogP contribution in [0.15, 0.2) is 0 Å². The predicted octanol–water partition coefficient (Wildman–Crippen LogP) is 0.116. The molecule has 1 N–H and O–H groups in total. The molecule has 0 unspecified atom stereocenters. The maximum atomic E-state index is 9.29. The maximum Gasteiger partial charge on any atom is 0.408 e. The van der Waals surface area contributed by atoms with E-state index in [9.17, 15) is 8.42 Å². The normalized spacial score (nSPS) is 11.7. The minimum absolute atomic E-state index is 2.03. The Labute approximate surface area is 43.5 Å². The molecule has 0 aliphatic carbocycles. The summed E-state index contributed by atoms with van der Waals surface area (Å²) in [5.41, 5.74) is 0. The van der Waals surface area contributed by atoms with E-state index in [0.29, 0.717) is 0 Å². The van der Waals surface area contributed by atoms with Gasteiger partial charge in [0.25, 0.3) is 0 Å². The molecular weight excluding hydrogens is 176 g/mol. The fourth-order valence-electron chi connectivity index (χ4n) is 0. The Kier molecular flexibility index (Phi) is 1.98. The lowest BCUT2D eigenvalue weighted by molar-refractivity contribution is 0.414. The highest BCUT2D eigenvalue weighted by molar-refractivity contribution is 9.06. The van der Waals surface area contributed by atoms with E-state index in [1.807, 2.05) is 16.3 Å². The molecule has 4 nitrogen and oxygen atoms in total. The van der Waals surface area contributed by atoms with Gasteiger partial charge in [0.15, 0.2) is 0 Å². The smallest absolute Gasteiger partial charge is 0.263 e. The zero-order valence-corrected chi connectivity index (χ0v) is 4.86. The molecule has 0 amide bonds. The van der Waals surface area contributed by atoms with Gasteiger partial charge in [0, 0.05) is 0 Å². The molecule has 0 aromatic carbocycles. The molecule has 0 fully saturated rings. The highest BCUT2D eigenvalue weighted by atomic mass is 79.9. The van der Waals surface area contributed by atoms with Crippen LogP contribution in [-0.2, 0) is 13.7 Å². The minimum atomic E-state index is -4.25. The van der Waals surface area contributed by atoms with Crippen LogP contribution in [0.4, 0.5) is 0 Å². The van der Waals surface area contributed by atoms with Gasteiger partial charge in [-0.15, -0.1) is 0 Å². The molecule has 0 atom stereocenters. The molecule has 0 spiro atoms. The number of rotatable bonds is 1. The zero-order valence-electron chi connectivity index (χ0n) is 2.46. The molecule has 38 valence electrons. The quantitative estimate of drug-likeness (QED) is 0.577. The summed E-state index contributed by atoms with van der Waals surface area (Å²) in [6.07, 6.45) is 0. The summed E-state index contributed by atoms with van der Waals surface area (Å²) in [6, 6.07) is 0. The van der Waals surface area contributed by atoms with Gasteiger partial charge in [-0.25, -0.2) is 0 Å². The first-order chi connectivity index (χ1) is 2.56. The molecule has 0 aromatic heterocycles. The second-order valence-corrected chi connectivity index (χ2v) is 2.27. The third kappa shape index (κ3) is 4.35. The summed E-state index contributed by atoms with van der Waals surface area (Å²) < 4.78 is 29.4. The van der Waals surface area contributed by atoms with Crippen molar-refractivity contribution in [2.75, 3.05) is 0 Å². The largest absolute Gasteiger partial charge is 0.408 e. The third-order valence-electron chi connectivity index (χ3n) is 0.0796. The molecule has 0 aliphatic heterocycles. The molecule has 0 aromatic rings. The van der Waals surface area contributed by atoms with Crippen LogP contribution in [0, 0.1) is 0 Å².